The third-order valence-electron chi connectivity index (χ3n) is 4.36. The van der Waals surface area contributed by atoms with Crippen LogP contribution in [-0.4, -0.2) is 55.1 Å². The highest BCUT2D eigenvalue weighted by Crippen LogP contribution is 2.18. The average molecular weight is 259 g/mol. The monoisotopic (exact) mass is 259 g/mol. The predicted molar refractivity (Wildman–Crippen MR) is 79.3 cm³/mol. The number of aryl methyl sites for hydroxylation is 1. The molecule has 3 rings (SSSR count). The Balaban J connectivity index is 1.45. The van der Waals surface area contributed by atoms with Crippen LogP contribution in [0.15, 0.2) is 24.3 Å². The SMILES string of the molecule is Cc1ccc(CN2CC(N3CCCNCC3)C2)cc1. The molecule has 2 fully saturated rings. The van der Waals surface area contributed by atoms with Crippen LogP contribution in [0.1, 0.15) is 17.5 Å². The van der Waals surface area contributed by atoms with Gasteiger partial charge in [-0.1, -0.05) is 29.8 Å². The van der Waals surface area contributed by atoms with E-state index >= 15 is 0 Å². The molecule has 3 heteroatoms. The van der Waals surface area contributed by atoms with Crippen LogP contribution in [0.4, 0.5) is 0 Å². The lowest BCUT2D eigenvalue weighted by molar-refractivity contribution is 0.0322. The lowest BCUT2D eigenvalue weighted by Crippen LogP contribution is -2.59. The van der Waals surface area contributed by atoms with Gasteiger partial charge in [0.15, 0.2) is 0 Å². The molecule has 2 saturated heterocycles. The number of likely N-dealkylation sites (tertiary alicyclic amines) is 1. The van der Waals surface area contributed by atoms with Crippen molar-refractivity contribution in [3.05, 3.63) is 35.4 Å². The number of rotatable bonds is 3. The highest BCUT2D eigenvalue weighted by atomic mass is 15.3. The summed E-state index contributed by atoms with van der Waals surface area (Å²) >= 11 is 0. The second kappa shape index (κ2) is 6.04. The van der Waals surface area contributed by atoms with E-state index in [1.807, 2.05) is 0 Å². The molecule has 0 bridgehead atoms. The molecule has 2 heterocycles. The van der Waals surface area contributed by atoms with Gasteiger partial charge in [-0.2, -0.15) is 0 Å². The summed E-state index contributed by atoms with van der Waals surface area (Å²) in [5, 5.41) is 3.48. The standard InChI is InChI=1S/C16H25N3/c1-14-3-5-15(6-4-14)11-18-12-16(13-18)19-9-2-7-17-8-10-19/h3-6,16-17H,2,7-13H2,1H3. The molecule has 3 nitrogen and oxygen atoms in total. The first-order valence-corrected chi connectivity index (χ1v) is 7.54. The van der Waals surface area contributed by atoms with Crippen molar-refractivity contribution in [2.75, 3.05) is 39.3 Å². The van der Waals surface area contributed by atoms with Crippen LogP contribution in [0.3, 0.4) is 0 Å². The summed E-state index contributed by atoms with van der Waals surface area (Å²) < 4.78 is 0. The van der Waals surface area contributed by atoms with Crippen molar-refractivity contribution in [1.29, 1.82) is 0 Å². The minimum absolute atomic E-state index is 0.797. The van der Waals surface area contributed by atoms with Crippen LogP contribution in [0.25, 0.3) is 0 Å². The van der Waals surface area contributed by atoms with Crippen LogP contribution in [0, 0.1) is 6.92 Å². The quantitative estimate of drug-likeness (QED) is 0.887. The van der Waals surface area contributed by atoms with Gasteiger partial charge in [0.05, 0.1) is 0 Å². The highest BCUT2D eigenvalue weighted by Gasteiger charge is 2.31. The summed E-state index contributed by atoms with van der Waals surface area (Å²) in [6, 6.07) is 9.75. The molecule has 0 radical (unpaired) electrons. The second-order valence-electron chi connectivity index (χ2n) is 5.97. The number of hydrogen-bond acceptors (Lipinski definition) is 3. The third-order valence-corrected chi connectivity index (χ3v) is 4.36. The molecule has 0 aliphatic carbocycles. The third kappa shape index (κ3) is 3.35. The predicted octanol–water partition coefficient (Wildman–Crippen LogP) is 1.47. The molecule has 0 amide bonds. The summed E-state index contributed by atoms with van der Waals surface area (Å²) in [7, 11) is 0. The number of nitrogens with zero attached hydrogens (tertiary/aromatic N) is 2. The fourth-order valence-electron chi connectivity index (χ4n) is 3.09. The molecule has 0 spiro atoms. The molecule has 19 heavy (non-hydrogen) atoms. The normalized spacial score (nSPS) is 23.0. The van der Waals surface area contributed by atoms with Gasteiger partial charge in [0.2, 0.25) is 0 Å². The van der Waals surface area contributed by atoms with E-state index in [4.69, 9.17) is 0 Å². The molecular weight excluding hydrogens is 234 g/mol. The first-order valence-electron chi connectivity index (χ1n) is 7.54. The largest absolute Gasteiger partial charge is 0.315 e. The van der Waals surface area contributed by atoms with Crippen molar-refractivity contribution in [1.82, 2.24) is 15.1 Å². The van der Waals surface area contributed by atoms with Gasteiger partial charge in [0, 0.05) is 38.8 Å². The van der Waals surface area contributed by atoms with Crippen LogP contribution >= 0.6 is 0 Å². The van der Waals surface area contributed by atoms with Gasteiger partial charge in [0.1, 0.15) is 0 Å². The maximum absolute atomic E-state index is 3.48. The van der Waals surface area contributed by atoms with Gasteiger partial charge < -0.3 is 5.32 Å². The minimum Gasteiger partial charge on any atom is -0.315 e. The number of hydrogen-bond donors (Lipinski definition) is 1. The maximum Gasteiger partial charge on any atom is 0.0351 e. The van der Waals surface area contributed by atoms with Crippen molar-refractivity contribution in [2.24, 2.45) is 0 Å². The molecule has 104 valence electrons. The average Bonchev–Trinajstić information content (AvgIpc) is 2.64. The van der Waals surface area contributed by atoms with Crippen molar-refractivity contribution < 1.29 is 0 Å². The molecule has 0 aromatic heterocycles. The van der Waals surface area contributed by atoms with E-state index in [1.54, 1.807) is 0 Å². The second-order valence-corrected chi connectivity index (χ2v) is 5.97. The van der Waals surface area contributed by atoms with Crippen LogP contribution in [0.5, 0.6) is 0 Å². The molecule has 1 aromatic rings. The Bertz CT molecular complexity index is 387. The number of benzene rings is 1. The van der Waals surface area contributed by atoms with E-state index < -0.39 is 0 Å². The topological polar surface area (TPSA) is 18.5 Å². The summed E-state index contributed by atoms with van der Waals surface area (Å²) in [6.45, 7) is 10.6. The molecule has 1 N–H and O–H groups in total. The lowest BCUT2D eigenvalue weighted by atomic mass is 10.0. The zero-order valence-electron chi connectivity index (χ0n) is 11.9. The fraction of sp³-hybridized carbons (Fsp3) is 0.625. The van der Waals surface area contributed by atoms with Gasteiger partial charge in [0.25, 0.3) is 0 Å². The zero-order chi connectivity index (χ0) is 13.1. The summed E-state index contributed by atoms with van der Waals surface area (Å²) in [5.41, 5.74) is 2.80. The van der Waals surface area contributed by atoms with E-state index in [2.05, 4.69) is 46.3 Å². The van der Waals surface area contributed by atoms with E-state index in [0.29, 0.717) is 0 Å². The molecular formula is C16H25N3. The molecule has 2 aliphatic rings. The van der Waals surface area contributed by atoms with E-state index in [1.165, 1.54) is 50.3 Å². The zero-order valence-corrected chi connectivity index (χ0v) is 11.9. The van der Waals surface area contributed by atoms with Gasteiger partial charge in [-0.25, -0.2) is 0 Å². The Kier molecular flexibility index (Phi) is 4.16. The van der Waals surface area contributed by atoms with Crippen molar-refractivity contribution in [3.63, 3.8) is 0 Å². The molecule has 2 aliphatic heterocycles. The minimum atomic E-state index is 0.797. The van der Waals surface area contributed by atoms with E-state index in [9.17, 15) is 0 Å². The van der Waals surface area contributed by atoms with Gasteiger partial charge >= 0.3 is 0 Å². The van der Waals surface area contributed by atoms with Crippen molar-refractivity contribution in [2.45, 2.75) is 25.9 Å². The Morgan fingerprint density at radius 1 is 1.11 bits per heavy atom. The van der Waals surface area contributed by atoms with Crippen LogP contribution in [0.2, 0.25) is 0 Å². The molecule has 0 atom stereocenters. The van der Waals surface area contributed by atoms with Crippen molar-refractivity contribution >= 4 is 0 Å². The molecule has 0 unspecified atom stereocenters. The summed E-state index contributed by atoms with van der Waals surface area (Å²) in [4.78, 5) is 5.24. The molecule has 0 saturated carbocycles. The first kappa shape index (κ1) is 13.1. The summed E-state index contributed by atoms with van der Waals surface area (Å²) in [5.74, 6) is 0. The van der Waals surface area contributed by atoms with Crippen molar-refractivity contribution in [3.8, 4) is 0 Å². The van der Waals surface area contributed by atoms with Gasteiger partial charge in [-0.3, -0.25) is 9.80 Å². The Hall–Kier alpha value is -0.900. The molecule has 1 aromatic carbocycles. The van der Waals surface area contributed by atoms with E-state index in [-0.39, 0.29) is 0 Å². The van der Waals surface area contributed by atoms with E-state index in [0.717, 1.165) is 19.1 Å². The maximum atomic E-state index is 3.48. The smallest absolute Gasteiger partial charge is 0.0351 e. The van der Waals surface area contributed by atoms with Crippen LogP contribution in [-0.2, 0) is 6.54 Å². The van der Waals surface area contributed by atoms with Crippen LogP contribution < -0.4 is 5.32 Å². The van der Waals surface area contributed by atoms with Gasteiger partial charge in [-0.15, -0.1) is 0 Å². The fourth-order valence-corrected chi connectivity index (χ4v) is 3.09. The van der Waals surface area contributed by atoms with Gasteiger partial charge in [-0.05, 0) is 32.0 Å². The summed E-state index contributed by atoms with van der Waals surface area (Å²) in [6.07, 6.45) is 1.30. The number of nitrogens with one attached hydrogen (secondary N) is 1. The lowest BCUT2D eigenvalue weighted by Gasteiger charge is -2.45. The highest BCUT2D eigenvalue weighted by molar-refractivity contribution is 5.21. The Morgan fingerprint density at radius 2 is 1.89 bits per heavy atom. The Labute approximate surface area is 116 Å². The Morgan fingerprint density at radius 3 is 2.68 bits per heavy atom. The first-order chi connectivity index (χ1) is 9.31.